The van der Waals surface area contributed by atoms with Crippen LogP contribution in [0.4, 0.5) is 0 Å². The number of benzene rings is 5. The Labute approximate surface area is 263 Å². The molecule has 0 saturated carbocycles. The summed E-state index contributed by atoms with van der Waals surface area (Å²) >= 11 is 0. The van der Waals surface area contributed by atoms with Crippen LogP contribution in [0.25, 0.3) is 10.8 Å². The average Bonchev–Trinajstić information content (AvgIpc) is 3.07. The zero-order chi connectivity index (χ0) is 31.4. The van der Waals surface area contributed by atoms with Crippen LogP contribution >= 0.6 is 0 Å². The minimum atomic E-state index is -0.558. The van der Waals surface area contributed by atoms with Crippen LogP contribution < -0.4 is 14.8 Å². The minimum Gasteiger partial charge on any atom is -0.484 e. The topological polar surface area (TPSA) is 73.9 Å². The number of rotatable bonds is 9. The van der Waals surface area contributed by atoms with Gasteiger partial charge in [0.25, 0.3) is 5.91 Å². The largest absolute Gasteiger partial charge is 0.484 e. The van der Waals surface area contributed by atoms with Gasteiger partial charge in [0, 0.05) is 11.0 Å². The predicted octanol–water partition coefficient (Wildman–Crippen LogP) is 7.66. The van der Waals surface area contributed by atoms with Crippen molar-refractivity contribution in [3.63, 3.8) is 0 Å². The molecule has 45 heavy (non-hydrogen) atoms. The Morgan fingerprint density at radius 3 is 2.13 bits per heavy atom. The standard InChI is InChI=1S/C39H35NO5/c1-4-43-38(42)36-34(27-14-7-5-8-15-27)35-31-18-12-11-13-26(31)19-24-32(35)45-37(36)40-33(41)25-44-30-22-20-29(21-23-30)39(2,3)28-16-9-6-10-17-28/h5-24,34H,4,25H2,1-3H3,(H,40,41). The fourth-order valence-corrected chi connectivity index (χ4v) is 5.89. The van der Waals surface area contributed by atoms with Crippen LogP contribution in [0.1, 0.15) is 48.9 Å². The van der Waals surface area contributed by atoms with E-state index in [0.29, 0.717) is 11.5 Å². The molecule has 0 aromatic heterocycles. The van der Waals surface area contributed by atoms with E-state index in [-0.39, 0.29) is 30.1 Å². The van der Waals surface area contributed by atoms with Crippen LogP contribution in [0.5, 0.6) is 11.5 Å². The highest BCUT2D eigenvalue weighted by atomic mass is 16.5. The van der Waals surface area contributed by atoms with E-state index in [2.05, 4.69) is 31.3 Å². The van der Waals surface area contributed by atoms with E-state index in [0.717, 1.165) is 27.5 Å². The van der Waals surface area contributed by atoms with Crippen molar-refractivity contribution in [1.82, 2.24) is 5.32 Å². The first kappa shape index (κ1) is 29.7. The van der Waals surface area contributed by atoms with Crippen LogP contribution in [-0.2, 0) is 19.7 Å². The molecule has 0 aliphatic carbocycles. The molecule has 1 aliphatic rings. The first-order valence-electron chi connectivity index (χ1n) is 15.1. The minimum absolute atomic E-state index is 0.0404. The maximum absolute atomic E-state index is 13.6. The summed E-state index contributed by atoms with van der Waals surface area (Å²) in [6.07, 6.45) is 0. The van der Waals surface area contributed by atoms with Gasteiger partial charge in [-0.25, -0.2) is 4.79 Å². The molecule has 6 rings (SSSR count). The van der Waals surface area contributed by atoms with Gasteiger partial charge in [-0.15, -0.1) is 0 Å². The van der Waals surface area contributed by atoms with Crippen LogP contribution in [0.3, 0.4) is 0 Å². The van der Waals surface area contributed by atoms with Crippen molar-refractivity contribution >= 4 is 22.6 Å². The zero-order valence-electron chi connectivity index (χ0n) is 25.6. The van der Waals surface area contributed by atoms with Gasteiger partial charge < -0.3 is 14.2 Å². The van der Waals surface area contributed by atoms with Gasteiger partial charge in [0.1, 0.15) is 17.1 Å². The Kier molecular flexibility index (Phi) is 8.39. The highest BCUT2D eigenvalue weighted by Gasteiger charge is 2.38. The smallest absolute Gasteiger partial charge is 0.340 e. The first-order valence-corrected chi connectivity index (χ1v) is 15.1. The third-order valence-electron chi connectivity index (χ3n) is 8.29. The molecule has 6 heteroatoms. The fourth-order valence-electron chi connectivity index (χ4n) is 5.89. The molecule has 1 unspecified atom stereocenters. The number of carbonyl (C=O) groups excluding carboxylic acids is 2. The van der Waals surface area contributed by atoms with Gasteiger partial charge in [-0.1, -0.05) is 117 Å². The Morgan fingerprint density at radius 2 is 1.42 bits per heavy atom. The average molecular weight is 598 g/mol. The maximum Gasteiger partial charge on any atom is 0.340 e. The van der Waals surface area contributed by atoms with E-state index >= 15 is 0 Å². The molecule has 1 aliphatic heterocycles. The number of hydrogen-bond acceptors (Lipinski definition) is 5. The number of esters is 1. The Bertz CT molecular complexity index is 1860. The van der Waals surface area contributed by atoms with E-state index in [1.54, 1.807) is 6.92 Å². The summed E-state index contributed by atoms with van der Waals surface area (Å²) in [5.74, 6) is -0.394. The molecular formula is C39H35NO5. The molecule has 0 fully saturated rings. The lowest BCUT2D eigenvalue weighted by Gasteiger charge is -2.31. The molecule has 5 aromatic rings. The molecule has 1 atom stereocenters. The van der Waals surface area contributed by atoms with Crippen LogP contribution in [0, 0.1) is 0 Å². The molecule has 0 saturated heterocycles. The van der Waals surface area contributed by atoms with Crippen molar-refractivity contribution in [3.8, 4) is 11.5 Å². The molecule has 1 N–H and O–H groups in total. The van der Waals surface area contributed by atoms with E-state index in [4.69, 9.17) is 14.2 Å². The van der Waals surface area contributed by atoms with Gasteiger partial charge in [0.05, 0.1) is 12.5 Å². The SMILES string of the molecule is CCOC(=O)C1=C(NC(=O)COc2ccc(C(C)(C)c3ccccc3)cc2)Oc2ccc3ccccc3c2C1c1ccccc1. The Hall–Kier alpha value is -5.36. The summed E-state index contributed by atoms with van der Waals surface area (Å²) in [6.45, 7) is 6.00. The Morgan fingerprint density at radius 1 is 0.778 bits per heavy atom. The van der Waals surface area contributed by atoms with Gasteiger partial charge in [-0.2, -0.15) is 0 Å². The molecule has 0 spiro atoms. The highest BCUT2D eigenvalue weighted by molar-refractivity contribution is 5.98. The first-order chi connectivity index (χ1) is 21.9. The molecule has 0 bridgehead atoms. The van der Waals surface area contributed by atoms with Crippen molar-refractivity contribution in [2.24, 2.45) is 0 Å². The highest BCUT2D eigenvalue weighted by Crippen LogP contribution is 2.46. The second-order valence-electron chi connectivity index (χ2n) is 11.5. The third-order valence-corrected chi connectivity index (χ3v) is 8.29. The summed E-state index contributed by atoms with van der Waals surface area (Å²) in [5.41, 5.74) is 4.09. The summed E-state index contributed by atoms with van der Waals surface area (Å²) in [7, 11) is 0. The van der Waals surface area contributed by atoms with Crippen molar-refractivity contribution in [3.05, 3.63) is 155 Å². The van der Waals surface area contributed by atoms with Gasteiger partial charge in [-0.3, -0.25) is 10.1 Å². The molecule has 6 nitrogen and oxygen atoms in total. The summed E-state index contributed by atoms with van der Waals surface area (Å²) in [6, 6.07) is 39.6. The quantitative estimate of drug-likeness (QED) is 0.177. The molecule has 5 aromatic carbocycles. The van der Waals surface area contributed by atoms with Crippen LogP contribution in [0.2, 0.25) is 0 Å². The van der Waals surface area contributed by atoms with Crippen LogP contribution in [0.15, 0.2) is 133 Å². The lowest BCUT2D eigenvalue weighted by Crippen LogP contribution is -2.36. The predicted molar refractivity (Wildman–Crippen MR) is 175 cm³/mol. The maximum atomic E-state index is 13.6. The normalized spacial score (nSPS) is 14.3. The molecule has 1 amide bonds. The molecule has 0 radical (unpaired) electrons. The number of hydrogen-bond donors (Lipinski definition) is 1. The van der Waals surface area contributed by atoms with Gasteiger partial charge in [0.2, 0.25) is 5.88 Å². The van der Waals surface area contributed by atoms with Crippen molar-refractivity contribution in [2.45, 2.75) is 32.1 Å². The second kappa shape index (κ2) is 12.7. The van der Waals surface area contributed by atoms with Crippen molar-refractivity contribution in [1.29, 1.82) is 0 Å². The van der Waals surface area contributed by atoms with Crippen molar-refractivity contribution in [2.75, 3.05) is 13.2 Å². The van der Waals surface area contributed by atoms with E-state index in [1.807, 2.05) is 109 Å². The lowest BCUT2D eigenvalue weighted by molar-refractivity contribution is -0.139. The number of fused-ring (bicyclic) bond motifs is 3. The summed E-state index contributed by atoms with van der Waals surface area (Å²) in [5, 5.41) is 4.79. The van der Waals surface area contributed by atoms with Crippen molar-refractivity contribution < 1.29 is 23.8 Å². The van der Waals surface area contributed by atoms with E-state index in [9.17, 15) is 9.59 Å². The molecule has 226 valence electrons. The Balaban J connectivity index is 1.28. The third kappa shape index (κ3) is 6.04. The summed E-state index contributed by atoms with van der Waals surface area (Å²) < 4.78 is 17.7. The monoisotopic (exact) mass is 597 g/mol. The van der Waals surface area contributed by atoms with E-state index in [1.165, 1.54) is 5.56 Å². The van der Waals surface area contributed by atoms with E-state index < -0.39 is 17.8 Å². The molecular weight excluding hydrogens is 562 g/mol. The van der Waals surface area contributed by atoms with Gasteiger partial charge in [0.15, 0.2) is 6.61 Å². The van der Waals surface area contributed by atoms with Crippen LogP contribution in [-0.4, -0.2) is 25.1 Å². The number of carbonyl (C=O) groups is 2. The van der Waals surface area contributed by atoms with Gasteiger partial charge >= 0.3 is 5.97 Å². The number of ether oxygens (including phenoxy) is 3. The van der Waals surface area contributed by atoms with Gasteiger partial charge in [-0.05, 0) is 52.6 Å². The fraction of sp³-hybridized carbons (Fsp3) is 0.179. The number of nitrogens with one attached hydrogen (secondary N) is 1. The lowest BCUT2D eigenvalue weighted by atomic mass is 9.78. The second-order valence-corrected chi connectivity index (χ2v) is 11.5. The summed E-state index contributed by atoms with van der Waals surface area (Å²) in [4.78, 5) is 26.9. The zero-order valence-corrected chi connectivity index (χ0v) is 25.6. The number of amides is 1. The molecule has 1 heterocycles.